The lowest BCUT2D eigenvalue weighted by Gasteiger charge is -2.37. The Morgan fingerprint density at radius 3 is 2.77 bits per heavy atom. The van der Waals surface area contributed by atoms with E-state index in [4.69, 9.17) is 0 Å². The van der Waals surface area contributed by atoms with Crippen molar-refractivity contribution < 1.29 is 9.59 Å². The van der Waals surface area contributed by atoms with Crippen LogP contribution >= 0.6 is 0 Å². The molecule has 2 saturated heterocycles. The molecule has 1 N–H and O–H groups in total. The Morgan fingerprint density at radius 1 is 1.27 bits per heavy atom. The molecule has 5 nitrogen and oxygen atoms in total. The van der Waals surface area contributed by atoms with Crippen LogP contribution in [0.1, 0.15) is 56.8 Å². The second-order valence-electron chi connectivity index (χ2n) is 8.52. The van der Waals surface area contributed by atoms with E-state index in [0.717, 1.165) is 44.2 Å². The van der Waals surface area contributed by atoms with Crippen LogP contribution in [-0.2, 0) is 4.79 Å². The van der Waals surface area contributed by atoms with Crippen molar-refractivity contribution in [3.8, 4) is 0 Å². The highest BCUT2D eigenvalue weighted by atomic mass is 16.2. The summed E-state index contributed by atoms with van der Waals surface area (Å²) < 4.78 is 0. The van der Waals surface area contributed by atoms with E-state index in [-0.39, 0.29) is 17.4 Å². The molecule has 26 heavy (non-hydrogen) atoms. The maximum Gasteiger partial charge on any atom is 0.251 e. The van der Waals surface area contributed by atoms with E-state index >= 15 is 0 Å². The molecule has 2 heterocycles. The molecule has 5 heteroatoms. The van der Waals surface area contributed by atoms with Crippen LogP contribution in [0.3, 0.4) is 0 Å². The van der Waals surface area contributed by atoms with Gasteiger partial charge in [-0.25, -0.2) is 0 Å². The summed E-state index contributed by atoms with van der Waals surface area (Å²) in [5.74, 6) is 0.792. The molecule has 2 fully saturated rings. The number of nitrogens with zero attached hydrogens (tertiary/aromatic N) is 2. The van der Waals surface area contributed by atoms with Crippen LogP contribution in [0.2, 0.25) is 0 Å². The van der Waals surface area contributed by atoms with E-state index in [1.165, 1.54) is 12.8 Å². The molecule has 0 radical (unpaired) electrons. The second kappa shape index (κ2) is 7.78. The van der Waals surface area contributed by atoms with E-state index in [0.29, 0.717) is 12.0 Å². The van der Waals surface area contributed by atoms with Gasteiger partial charge in [0.05, 0.1) is 0 Å². The van der Waals surface area contributed by atoms with Crippen molar-refractivity contribution in [3.05, 3.63) is 29.8 Å². The largest absolute Gasteiger partial charge is 0.346 e. The van der Waals surface area contributed by atoms with Crippen LogP contribution in [-0.4, -0.2) is 48.4 Å². The van der Waals surface area contributed by atoms with Gasteiger partial charge in [-0.05, 0) is 63.8 Å². The molecule has 2 aliphatic heterocycles. The topological polar surface area (TPSA) is 52.7 Å². The average molecular weight is 357 g/mol. The summed E-state index contributed by atoms with van der Waals surface area (Å²) in [7, 11) is 0. The maximum atomic E-state index is 12.8. The minimum absolute atomic E-state index is 0.0754. The highest BCUT2D eigenvalue weighted by Crippen LogP contribution is 2.23. The first-order valence-electron chi connectivity index (χ1n) is 9.79. The number of rotatable bonds is 5. The summed E-state index contributed by atoms with van der Waals surface area (Å²) >= 11 is 0. The van der Waals surface area contributed by atoms with Gasteiger partial charge >= 0.3 is 0 Å². The SMILES string of the molecule is C[C@@H]1CCCN(CC(C)(C)NC(=O)c2cccc(N3CCCC3=O)c2)C1. The van der Waals surface area contributed by atoms with Crippen LogP contribution in [0.4, 0.5) is 5.69 Å². The number of nitrogens with one attached hydrogen (secondary N) is 1. The summed E-state index contributed by atoms with van der Waals surface area (Å²) in [6.07, 6.45) is 4.01. The molecule has 0 spiro atoms. The molecular formula is C21H31N3O2. The van der Waals surface area contributed by atoms with Crippen LogP contribution in [0.15, 0.2) is 24.3 Å². The minimum Gasteiger partial charge on any atom is -0.346 e. The molecule has 0 saturated carbocycles. The average Bonchev–Trinajstić information content (AvgIpc) is 3.00. The lowest BCUT2D eigenvalue weighted by atomic mass is 9.97. The van der Waals surface area contributed by atoms with Gasteiger partial charge in [0, 0.05) is 42.8 Å². The molecule has 2 aliphatic rings. The number of amides is 2. The Bertz CT molecular complexity index is 671. The van der Waals surface area contributed by atoms with Crippen molar-refractivity contribution in [1.29, 1.82) is 0 Å². The highest BCUT2D eigenvalue weighted by Gasteiger charge is 2.27. The summed E-state index contributed by atoms with van der Waals surface area (Å²) in [5, 5.41) is 3.18. The van der Waals surface area contributed by atoms with Crippen molar-refractivity contribution in [3.63, 3.8) is 0 Å². The van der Waals surface area contributed by atoms with Gasteiger partial charge in [0.1, 0.15) is 0 Å². The van der Waals surface area contributed by atoms with Gasteiger partial charge in [0.2, 0.25) is 5.91 Å². The zero-order chi connectivity index (χ0) is 18.7. The molecule has 142 valence electrons. The van der Waals surface area contributed by atoms with Crippen LogP contribution in [0, 0.1) is 5.92 Å². The van der Waals surface area contributed by atoms with Crippen molar-refractivity contribution in [2.45, 2.75) is 52.0 Å². The van der Waals surface area contributed by atoms with Crippen LogP contribution in [0.5, 0.6) is 0 Å². The monoisotopic (exact) mass is 357 g/mol. The molecule has 0 unspecified atom stereocenters. The number of benzene rings is 1. The number of carbonyl (C=O) groups excluding carboxylic acids is 2. The number of hydrogen-bond acceptors (Lipinski definition) is 3. The molecule has 0 aromatic heterocycles. The van der Waals surface area contributed by atoms with Gasteiger partial charge < -0.3 is 15.1 Å². The van der Waals surface area contributed by atoms with E-state index in [9.17, 15) is 9.59 Å². The van der Waals surface area contributed by atoms with Crippen LogP contribution in [0.25, 0.3) is 0 Å². The smallest absolute Gasteiger partial charge is 0.251 e. The third kappa shape index (κ3) is 4.64. The minimum atomic E-state index is -0.298. The van der Waals surface area contributed by atoms with Gasteiger partial charge in [0.15, 0.2) is 0 Å². The Kier molecular flexibility index (Phi) is 5.66. The zero-order valence-electron chi connectivity index (χ0n) is 16.3. The fourth-order valence-corrected chi connectivity index (χ4v) is 4.14. The molecule has 2 amide bonds. The molecule has 0 aliphatic carbocycles. The fraction of sp³-hybridized carbons (Fsp3) is 0.619. The standard InChI is InChI=1S/C21H31N3O2/c1-16-7-5-11-23(14-16)15-21(2,3)22-20(26)17-8-4-9-18(13-17)24-12-6-10-19(24)25/h4,8-9,13,16H,5-7,10-12,14-15H2,1-3H3,(H,22,26)/t16-/m1/s1. The fourth-order valence-electron chi connectivity index (χ4n) is 4.14. The number of hydrogen-bond donors (Lipinski definition) is 1. The number of piperidine rings is 1. The third-order valence-electron chi connectivity index (χ3n) is 5.31. The quantitative estimate of drug-likeness (QED) is 0.881. The first-order valence-corrected chi connectivity index (χ1v) is 9.79. The Balaban J connectivity index is 1.64. The van der Waals surface area contributed by atoms with Gasteiger partial charge in [-0.15, -0.1) is 0 Å². The van der Waals surface area contributed by atoms with E-state index in [1.807, 2.05) is 24.3 Å². The third-order valence-corrected chi connectivity index (χ3v) is 5.31. The van der Waals surface area contributed by atoms with E-state index in [2.05, 4.69) is 31.0 Å². The lowest BCUT2D eigenvalue weighted by molar-refractivity contribution is -0.117. The van der Waals surface area contributed by atoms with Crippen LogP contribution < -0.4 is 10.2 Å². The zero-order valence-corrected chi connectivity index (χ0v) is 16.3. The molecule has 3 rings (SSSR count). The van der Waals surface area contributed by atoms with Gasteiger partial charge in [0.25, 0.3) is 5.91 Å². The summed E-state index contributed by atoms with van der Waals surface area (Å²) in [5.41, 5.74) is 1.14. The first-order chi connectivity index (χ1) is 12.3. The highest BCUT2D eigenvalue weighted by molar-refractivity contribution is 5.99. The predicted molar refractivity (Wildman–Crippen MR) is 104 cm³/mol. The van der Waals surface area contributed by atoms with E-state index in [1.54, 1.807) is 4.90 Å². The Morgan fingerprint density at radius 2 is 2.08 bits per heavy atom. The number of anilines is 1. The predicted octanol–water partition coefficient (Wildman–Crippen LogP) is 3.05. The molecule has 1 atom stereocenters. The van der Waals surface area contributed by atoms with Crippen molar-refractivity contribution in [1.82, 2.24) is 10.2 Å². The van der Waals surface area contributed by atoms with Crippen molar-refractivity contribution in [2.75, 3.05) is 31.1 Å². The number of likely N-dealkylation sites (tertiary alicyclic amines) is 1. The summed E-state index contributed by atoms with van der Waals surface area (Å²) in [4.78, 5) is 29.0. The van der Waals surface area contributed by atoms with Crippen molar-refractivity contribution >= 4 is 17.5 Å². The first kappa shape index (κ1) is 18.9. The Labute approximate surface area is 156 Å². The summed E-state index contributed by atoms with van der Waals surface area (Å²) in [6.45, 7) is 10.3. The molecule has 0 bridgehead atoms. The van der Waals surface area contributed by atoms with Gasteiger partial charge in [-0.3, -0.25) is 9.59 Å². The second-order valence-corrected chi connectivity index (χ2v) is 8.52. The Hall–Kier alpha value is -1.88. The van der Waals surface area contributed by atoms with Gasteiger partial charge in [-0.2, -0.15) is 0 Å². The summed E-state index contributed by atoms with van der Waals surface area (Å²) in [6, 6.07) is 7.41. The lowest BCUT2D eigenvalue weighted by Crippen LogP contribution is -2.53. The molecule has 1 aromatic rings. The normalized spacial score (nSPS) is 21.9. The van der Waals surface area contributed by atoms with E-state index < -0.39 is 0 Å². The molecular weight excluding hydrogens is 326 g/mol. The molecule has 1 aromatic carbocycles. The van der Waals surface area contributed by atoms with Gasteiger partial charge in [-0.1, -0.05) is 13.0 Å². The maximum absolute atomic E-state index is 12.8. The van der Waals surface area contributed by atoms with Crippen molar-refractivity contribution in [2.24, 2.45) is 5.92 Å². The number of carbonyl (C=O) groups is 2.